The molecular formula is C19H24ClN3O2. The fourth-order valence-corrected chi connectivity index (χ4v) is 2.22. The minimum Gasteiger partial charge on any atom is -0.352 e. The maximum Gasteiger partial charge on any atom is 0.251 e. The Morgan fingerprint density at radius 1 is 1.12 bits per heavy atom. The van der Waals surface area contributed by atoms with Gasteiger partial charge in [-0.2, -0.15) is 0 Å². The van der Waals surface area contributed by atoms with Crippen LogP contribution in [0.4, 0.5) is 5.69 Å². The van der Waals surface area contributed by atoms with Crippen molar-refractivity contribution in [3.05, 3.63) is 65.2 Å². The molecule has 0 heterocycles. The third-order valence-corrected chi connectivity index (χ3v) is 3.65. The zero-order valence-electron chi connectivity index (χ0n) is 14.4. The van der Waals surface area contributed by atoms with E-state index in [1.165, 1.54) is 0 Å². The van der Waals surface area contributed by atoms with Crippen molar-refractivity contribution in [2.45, 2.75) is 26.3 Å². The van der Waals surface area contributed by atoms with Crippen molar-refractivity contribution >= 4 is 29.9 Å². The highest BCUT2D eigenvalue weighted by Crippen LogP contribution is 2.16. The third-order valence-electron chi connectivity index (χ3n) is 3.65. The van der Waals surface area contributed by atoms with E-state index in [9.17, 15) is 9.59 Å². The van der Waals surface area contributed by atoms with Crippen LogP contribution in [0.25, 0.3) is 0 Å². The van der Waals surface area contributed by atoms with Gasteiger partial charge in [0.25, 0.3) is 5.91 Å². The highest BCUT2D eigenvalue weighted by molar-refractivity contribution is 5.98. The number of aryl methyl sites for hydroxylation is 1. The van der Waals surface area contributed by atoms with E-state index in [1.54, 1.807) is 24.3 Å². The molecule has 5 nitrogen and oxygen atoms in total. The second-order valence-electron chi connectivity index (χ2n) is 5.71. The fourth-order valence-electron chi connectivity index (χ4n) is 2.22. The summed E-state index contributed by atoms with van der Waals surface area (Å²) in [6, 6.07) is 13.6. The number of nitrogens with one attached hydrogen (secondary N) is 2. The van der Waals surface area contributed by atoms with Crippen molar-refractivity contribution < 1.29 is 9.59 Å². The van der Waals surface area contributed by atoms with Crippen LogP contribution >= 0.6 is 12.4 Å². The van der Waals surface area contributed by atoms with E-state index in [2.05, 4.69) is 10.6 Å². The lowest BCUT2D eigenvalue weighted by molar-refractivity contribution is -0.117. The van der Waals surface area contributed by atoms with Gasteiger partial charge in [-0.1, -0.05) is 42.8 Å². The van der Waals surface area contributed by atoms with Gasteiger partial charge >= 0.3 is 0 Å². The Kier molecular flexibility index (Phi) is 8.11. The molecule has 0 bridgehead atoms. The number of hydrogen-bond acceptors (Lipinski definition) is 3. The van der Waals surface area contributed by atoms with Crippen molar-refractivity contribution in [3.8, 4) is 0 Å². The molecule has 0 aromatic heterocycles. The lowest BCUT2D eigenvalue weighted by Crippen LogP contribution is -2.28. The Hall–Kier alpha value is -2.37. The van der Waals surface area contributed by atoms with Gasteiger partial charge in [0.2, 0.25) is 5.91 Å². The average molecular weight is 362 g/mol. The standard InChI is InChI=1S/C19H23N3O2.ClH/c1-3-11-21-18(23)15-5-4-6-16(12-15)22-19(24)17(20)14-9-7-13(2)8-10-14;/h4-10,12,17H,3,11,20H2,1-2H3,(H,21,23)(H,22,24);1H. The van der Waals surface area contributed by atoms with Gasteiger partial charge in [0.15, 0.2) is 0 Å². The molecule has 0 saturated heterocycles. The van der Waals surface area contributed by atoms with Crippen LogP contribution in [0.15, 0.2) is 48.5 Å². The van der Waals surface area contributed by atoms with E-state index in [-0.39, 0.29) is 24.2 Å². The minimum absolute atomic E-state index is 0. The minimum atomic E-state index is -0.761. The van der Waals surface area contributed by atoms with E-state index in [0.29, 0.717) is 17.8 Å². The van der Waals surface area contributed by atoms with E-state index in [1.807, 2.05) is 38.1 Å². The summed E-state index contributed by atoms with van der Waals surface area (Å²) in [6.07, 6.45) is 0.869. The van der Waals surface area contributed by atoms with Crippen LogP contribution in [0, 0.1) is 6.92 Å². The van der Waals surface area contributed by atoms with Gasteiger partial charge in [-0.05, 0) is 37.1 Å². The van der Waals surface area contributed by atoms with E-state index >= 15 is 0 Å². The summed E-state index contributed by atoms with van der Waals surface area (Å²) in [6.45, 7) is 4.58. The van der Waals surface area contributed by atoms with Crippen molar-refractivity contribution in [3.63, 3.8) is 0 Å². The van der Waals surface area contributed by atoms with Gasteiger partial charge in [-0.3, -0.25) is 9.59 Å². The smallest absolute Gasteiger partial charge is 0.251 e. The van der Waals surface area contributed by atoms with Crippen LogP contribution in [-0.4, -0.2) is 18.4 Å². The summed E-state index contributed by atoms with van der Waals surface area (Å²) in [4.78, 5) is 24.3. The second kappa shape index (κ2) is 9.81. The van der Waals surface area contributed by atoms with E-state index in [0.717, 1.165) is 17.5 Å². The fraction of sp³-hybridized carbons (Fsp3) is 0.263. The molecule has 0 radical (unpaired) electrons. The van der Waals surface area contributed by atoms with E-state index < -0.39 is 6.04 Å². The molecular weight excluding hydrogens is 338 g/mol. The lowest BCUT2D eigenvalue weighted by atomic mass is 10.1. The monoisotopic (exact) mass is 361 g/mol. The highest BCUT2D eigenvalue weighted by Gasteiger charge is 2.16. The Balaban J connectivity index is 0.00000312. The molecule has 2 aromatic rings. The number of carbonyl (C=O) groups excluding carboxylic acids is 2. The molecule has 4 N–H and O–H groups in total. The Bertz CT molecular complexity index is 717. The van der Waals surface area contributed by atoms with Crippen molar-refractivity contribution in [1.29, 1.82) is 0 Å². The molecule has 0 fully saturated rings. The largest absolute Gasteiger partial charge is 0.352 e. The molecule has 1 atom stereocenters. The number of amides is 2. The summed E-state index contributed by atoms with van der Waals surface area (Å²) in [5, 5.41) is 5.57. The number of halogens is 1. The number of benzene rings is 2. The van der Waals surface area contributed by atoms with Crippen LogP contribution < -0.4 is 16.4 Å². The molecule has 2 rings (SSSR count). The summed E-state index contributed by atoms with van der Waals surface area (Å²) in [5.74, 6) is -0.472. The molecule has 1 unspecified atom stereocenters. The van der Waals surface area contributed by atoms with Gasteiger partial charge in [0, 0.05) is 17.8 Å². The lowest BCUT2D eigenvalue weighted by Gasteiger charge is -2.13. The number of carbonyl (C=O) groups is 2. The van der Waals surface area contributed by atoms with Crippen LogP contribution in [0.3, 0.4) is 0 Å². The molecule has 0 spiro atoms. The second-order valence-corrected chi connectivity index (χ2v) is 5.71. The first kappa shape index (κ1) is 20.7. The molecule has 134 valence electrons. The van der Waals surface area contributed by atoms with Crippen LogP contribution in [-0.2, 0) is 4.79 Å². The summed E-state index contributed by atoms with van der Waals surface area (Å²) in [7, 11) is 0. The van der Waals surface area contributed by atoms with E-state index in [4.69, 9.17) is 5.73 Å². The molecule has 0 saturated carbocycles. The van der Waals surface area contributed by atoms with Crippen LogP contribution in [0.2, 0.25) is 0 Å². The molecule has 0 aliphatic rings. The number of anilines is 1. The van der Waals surface area contributed by atoms with Gasteiger partial charge in [-0.25, -0.2) is 0 Å². The highest BCUT2D eigenvalue weighted by atomic mass is 35.5. The Morgan fingerprint density at radius 2 is 1.80 bits per heavy atom. The normalized spacial score (nSPS) is 11.2. The maximum absolute atomic E-state index is 12.3. The first-order chi connectivity index (χ1) is 11.5. The SMILES string of the molecule is CCCNC(=O)c1cccc(NC(=O)C(N)c2ccc(C)cc2)c1.Cl. The van der Waals surface area contributed by atoms with Crippen molar-refractivity contribution in [1.82, 2.24) is 5.32 Å². The average Bonchev–Trinajstić information content (AvgIpc) is 2.60. The maximum atomic E-state index is 12.3. The van der Waals surface area contributed by atoms with Gasteiger partial charge < -0.3 is 16.4 Å². The molecule has 6 heteroatoms. The Labute approximate surface area is 154 Å². The predicted octanol–water partition coefficient (Wildman–Crippen LogP) is 3.20. The van der Waals surface area contributed by atoms with Crippen LogP contribution in [0.1, 0.15) is 40.9 Å². The van der Waals surface area contributed by atoms with Crippen molar-refractivity contribution in [2.75, 3.05) is 11.9 Å². The first-order valence-corrected chi connectivity index (χ1v) is 8.02. The third kappa shape index (κ3) is 5.89. The summed E-state index contributed by atoms with van der Waals surface area (Å²) >= 11 is 0. The predicted molar refractivity (Wildman–Crippen MR) is 103 cm³/mol. The zero-order valence-corrected chi connectivity index (χ0v) is 15.2. The number of nitrogens with two attached hydrogens (primary N) is 1. The van der Waals surface area contributed by atoms with Gasteiger partial charge in [0.05, 0.1) is 0 Å². The number of rotatable bonds is 6. The summed E-state index contributed by atoms with van der Waals surface area (Å²) in [5.41, 5.74) is 8.92. The quantitative estimate of drug-likeness (QED) is 0.738. The molecule has 25 heavy (non-hydrogen) atoms. The topological polar surface area (TPSA) is 84.2 Å². The van der Waals surface area contributed by atoms with Gasteiger partial charge in [0.1, 0.15) is 6.04 Å². The number of hydrogen-bond donors (Lipinski definition) is 3. The van der Waals surface area contributed by atoms with Crippen molar-refractivity contribution in [2.24, 2.45) is 5.73 Å². The molecule has 2 aromatic carbocycles. The van der Waals surface area contributed by atoms with Gasteiger partial charge in [-0.15, -0.1) is 12.4 Å². The molecule has 0 aliphatic carbocycles. The Morgan fingerprint density at radius 3 is 2.44 bits per heavy atom. The van der Waals surface area contributed by atoms with Crippen LogP contribution in [0.5, 0.6) is 0 Å². The molecule has 2 amide bonds. The summed E-state index contributed by atoms with van der Waals surface area (Å²) < 4.78 is 0. The molecule has 0 aliphatic heterocycles. The zero-order chi connectivity index (χ0) is 17.5. The first-order valence-electron chi connectivity index (χ1n) is 8.02.